The van der Waals surface area contributed by atoms with Gasteiger partial charge in [0.05, 0.1) is 6.33 Å². The monoisotopic (exact) mass is 309 g/mol. The summed E-state index contributed by atoms with van der Waals surface area (Å²) in [6, 6.07) is 7.83. The van der Waals surface area contributed by atoms with Crippen LogP contribution in [0.2, 0.25) is 0 Å². The van der Waals surface area contributed by atoms with Gasteiger partial charge in [0, 0.05) is 30.2 Å². The molecule has 0 radical (unpaired) electrons. The smallest absolute Gasteiger partial charge is 0.123 e. The van der Waals surface area contributed by atoms with E-state index in [0.717, 1.165) is 12.2 Å². The molecule has 2 aromatic rings. The van der Waals surface area contributed by atoms with Gasteiger partial charge in [0.25, 0.3) is 0 Å². The van der Waals surface area contributed by atoms with Crippen LogP contribution >= 0.6 is 0 Å². The van der Waals surface area contributed by atoms with Crippen LogP contribution in [0.5, 0.6) is 5.75 Å². The van der Waals surface area contributed by atoms with E-state index >= 15 is 0 Å². The lowest BCUT2D eigenvalue weighted by Gasteiger charge is -2.45. The third kappa shape index (κ3) is 2.32. The second kappa shape index (κ2) is 5.02. The zero-order valence-corrected chi connectivity index (χ0v) is 13.4. The molecule has 1 aromatic carbocycles. The van der Waals surface area contributed by atoms with Gasteiger partial charge < -0.3 is 14.6 Å². The van der Waals surface area contributed by atoms with Crippen LogP contribution in [0.4, 0.5) is 5.69 Å². The van der Waals surface area contributed by atoms with Crippen molar-refractivity contribution < 1.29 is 4.74 Å². The molecule has 5 rings (SSSR count). The zero-order valence-electron chi connectivity index (χ0n) is 13.4. The molecule has 1 aromatic heterocycles. The van der Waals surface area contributed by atoms with Crippen LogP contribution in [0.15, 0.2) is 36.9 Å². The van der Waals surface area contributed by atoms with E-state index in [4.69, 9.17) is 4.74 Å². The molecule has 0 amide bonds. The number of anilines is 1. The standard InChI is InChI=1S/C19H23N3O/c1-5-19(6-1)7-4-14-10-15(2-3-18(14)23-19)21-16-11-17(12-16)22-9-8-20-13-22/h2-3,8-10,13,16-17,21H,1,4-7,11-12H2. The Hall–Kier alpha value is -1.97. The Kier molecular flexibility index (Phi) is 2.94. The van der Waals surface area contributed by atoms with Crippen LogP contribution in [0, 0.1) is 0 Å². The second-order valence-corrected chi connectivity index (χ2v) is 7.44. The fourth-order valence-electron chi connectivity index (χ4n) is 4.20. The summed E-state index contributed by atoms with van der Waals surface area (Å²) < 4.78 is 8.50. The van der Waals surface area contributed by atoms with E-state index in [1.807, 2.05) is 12.5 Å². The molecule has 2 aliphatic carbocycles. The molecule has 0 atom stereocenters. The van der Waals surface area contributed by atoms with Crippen molar-refractivity contribution in [3.05, 3.63) is 42.5 Å². The Morgan fingerprint density at radius 2 is 2.13 bits per heavy atom. The van der Waals surface area contributed by atoms with E-state index in [1.54, 1.807) is 0 Å². The SMILES string of the molecule is c1cn(C2CC(Nc3ccc4c(c3)CCC3(CCC3)O4)C2)cn1. The van der Waals surface area contributed by atoms with Gasteiger partial charge in [-0.05, 0) is 68.7 Å². The van der Waals surface area contributed by atoms with Gasteiger partial charge in [-0.1, -0.05) is 0 Å². The number of fused-ring (bicyclic) bond motifs is 1. The molecule has 2 heterocycles. The van der Waals surface area contributed by atoms with Crippen molar-refractivity contribution in [1.82, 2.24) is 9.55 Å². The van der Waals surface area contributed by atoms with Crippen molar-refractivity contribution in [1.29, 1.82) is 0 Å². The maximum absolute atomic E-state index is 6.28. The van der Waals surface area contributed by atoms with Crippen LogP contribution in [0.1, 0.15) is 50.1 Å². The number of rotatable bonds is 3. The Bertz CT molecular complexity index is 699. The van der Waals surface area contributed by atoms with Gasteiger partial charge in [0.15, 0.2) is 0 Å². The summed E-state index contributed by atoms with van der Waals surface area (Å²) in [5.74, 6) is 1.12. The lowest BCUT2D eigenvalue weighted by molar-refractivity contribution is -0.0249. The highest BCUT2D eigenvalue weighted by molar-refractivity contribution is 5.53. The number of ether oxygens (including phenoxy) is 1. The third-order valence-corrected chi connectivity index (χ3v) is 5.93. The minimum Gasteiger partial charge on any atom is -0.487 e. The van der Waals surface area contributed by atoms with Crippen molar-refractivity contribution in [2.75, 3.05) is 5.32 Å². The summed E-state index contributed by atoms with van der Waals surface area (Å²) in [4.78, 5) is 4.13. The van der Waals surface area contributed by atoms with Gasteiger partial charge in [-0.2, -0.15) is 0 Å². The van der Waals surface area contributed by atoms with Crippen LogP contribution in [-0.4, -0.2) is 21.2 Å². The predicted octanol–water partition coefficient (Wildman–Crippen LogP) is 3.95. The average Bonchev–Trinajstić information content (AvgIpc) is 3.02. The zero-order chi connectivity index (χ0) is 15.3. The number of imidazole rings is 1. The molecule has 0 saturated heterocycles. The number of hydrogen-bond donors (Lipinski definition) is 1. The van der Waals surface area contributed by atoms with Crippen LogP contribution < -0.4 is 10.1 Å². The van der Waals surface area contributed by atoms with Gasteiger partial charge in [-0.15, -0.1) is 0 Å². The van der Waals surface area contributed by atoms with E-state index in [9.17, 15) is 0 Å². The normalized spacial score (nSPS) is 27.5. The van der Waals surface area contributed by atoms with E-state index in [-0.39, 0.29) is 5.60 Å². The summed E-state index contributed by atoms with van der Waals surface area (Å²) in [7, 11) is 0. The number of benzene rings is 1. The summed E-state index contributed by atoms with van der Waals surface area (Å²) in [6.07, 6.45) is 14.4. The minimum atomic E-state index is 0.188. The number of nitrogens with one attached hydrogen (secondary N) is 1. The highest BCUT2D eigenvalue weighted by Gasteiger charge is 2.41. The van der Waals surface area contributed by atoms with Crippen molar-refractivity contribution in [3.63, 3.8) is 0 Å². The van der Waals surface area contributed by atoms with Crippen LogP contribution in [0.25, 0.3) is 0 Å². The maximum atomic E-state index is 6.28. The predicted molar refractivity (Wildman–Crippen MR) is 89.9 cm³/mol. The first kappa shape index (κ1) is 13.5. The molecule has 2 saturated carbocycles. The largest absolute Gasteiger partial charge is 0.487 e. The van der Waals surface area contributed by atoms with Crippen molar-refractivity contribution in [2.45, 2.75) is 62.6 Å². The molecule has 1 aliphatic heterocycles. The Balaban J connectivity index is 1.23. The fourth-order valence-corrected chi connectivity index (χ4v) is 4.20. The first-order valence-electron chi connectivity index (χ1n) is 8.86. The highest BCUT2D eigenvalue weighted by Crippen LogP contribution is 2.45. The topological polar surface area (TPSA) is 39.1 Å². The van der Waals surface area contributed by atoms with Crippen molar-refractivity contribution >= 4 is 5.69 Å². The lowest BCUT2D eigenvalue weighted by atomic mass is 9.74. The molecule has 23 heavy (non-hydrogen) atoms. The van der Waals surface area contributed by atoms with Gasteiger partial charge in [-0.3, -0.25) is 0 Å². The lowest BCUT2D eigenvalue weighted by Crippen LogP contribution is -2.45. The molecule has 4 nitrogen and oxygen atoms in total. The first-order chi connectivity index (χ1) is 11.3. The number of hydrogen-bond acceptors (Lipinski definition) is 3. The Morgan fingerprint density at radius 3 is 2.87 bits per heavy atom. The number of nitrogens with zero attached hydrogens (tertiary/aromatic N) is 2. The quantitative estimate of drug-likeness (QED) is 0.933. The molecule has 120 valence electrons. The number of aromatic nitrogens is 2. The summed E-state index contributed by atoms with van der Waals surface area (Å²) in [5, 5.41) is 3.68. The van der Waals surface area contributed by atoms with Gasteiger partial charge in [0.1, 0.15) is 11.4 Å². The van der Waals surface area contributed by atoms with E-state index in [2.05, 4.69) is 39.3 Å². The molecule has 2 fully saturated rings. The molecule has 3 aliphatic rings. The average molecular weight is 309 g/mol. The molecule has 0 bridgehead atoms. The van der Waals surface area contributed by atoms with E-state index in [1.165, 1.54) is 49.8 Å². The molecular weight excluding hydrogens is 286 g/mol. The summed E-state index contributed by atoms with van der Waals surface area (Å²) in [6.45, 7) is 0. The van der Waals surface area contributed by atoms with Crippen LogP contribution in [-0.2, 0) is 6.42 Å². The first-order valence-corrected chi connectivity index (χ1v) is 8.86. The fraction of sp³-hybridized carbons (Fsp3) is 0.526. The Morgan fingerprint density at radius 1 is 1.22 bits per heavy atom. The van der Waals surface area contributed by atoms with E-state index < -0.39 is 0 Å². The van der Waals surface area contributed by atoms with Gasteiger partial charge in [0.2, 0.25) is 0 Å². The number of aryl methyl sites for hydroxylation is 1. The van der Waals surface area contributed by atoms with Gasteiger partial charge in [-0.25, -0.2) is 4.98 Å². The highest BCUT2D eigenvalue weighted by atomic mass is 16.5. The molecule has 1 spiro atoms. The van der Waals surface area contributed by atoms with Crippen molar-refractivity contribution in [3.8, 4) is 5.75 Å². The molecule has 0 unspecified atom stereocenters. The molecular formula is C19H23N3O. The van der Waals surface area contributed by atoms with E-state index in [0.29, 0.717) is 12.1 Å². The third-order valence-electron chi connectivity index (χ3n) is 5.93. The molecule has 1 N–H and O–H groups in total. The Labute approximate surface area is 136 Å². The maximum Gasteiger partial charge on any atom is 0.123 e. The van der Waals surface area contributed by atoms with Crippen molar-refractivity contribution in [2.24, 2.45) is 0 Å². The minimum absolute atomic E-state index is 0.188. The molecule has 4 heteroatoms. The van der Waals surface area contributed by atoms with Gasteiger partial charge >= 0.3 is 0 Å². The summed E-state index contributed by atoms with van der Waals surface area (Å²) >= 11 is 0. The second-order valence-electron chi connectivity index (χ2n) is 7.44. The summed E-state index contributed by atoms with van der Waals surface area (Å²) in [5.41, 5.74) is 2.80. The van der Waals surface area contributed by atoms with Crippen LogP contribution in [0.3, 0.4) is 0 Å².